The number of hydrogen-bond acceptors (Lipinski definition) is 2. The summed E-state index contributed by atoms with van der Waals surface area (Å²) in [6.45, 7) is 0. The molecule has 3 nitrogen and oxygen atoms in total. The monoisotopic (exact) mass is 165 g/mol. The maximum absolute atomic E-state index is 11.8. The molecule has 0 fully saturated rings. The Balaban J connectivity index is 2.89. The Morgan fingerprint density at radius 1 is 1.55 bits per heavy atom. The van der Waals surface area contributed by atoms with Crippen molar-refractivity contribution in [2.24, 2.45) is 0 Å². The number of nitrogens with zero attached hydrogens (tertiary/aromatic N) is 2. The lowest BCUT2D eigenvalue weighted by atomic mass is 10.6. The van der Waals surface area contributed by atoms with Gasteiger partial charge in [0.25, 0.3) is 0 Å². The quantitative estimate of drug-likeness (QED) is 0.681. The summed E-state index contributed by atoms with van der Waals surface area (Å²) in [5.41, 5.74) is 0.335. The van der Waals surface area contributed by atoms with Crippen molar-refractivity contribution in [2.45, 2.75) is 6.30 Å². The molecule has 1 rings (SSSR count). The fourth-order valence-corrected chi connectivity index (χ4v) is 0.591. The molecule has 62 valence electrons. The Labute approximate surface area is 60.8 Å². The summed E-state index contributed by atoms with van der Waals surface area (Å²) in [5, 5.41) is 5.62. The van der Waals surface area contributed by atoms with Gasteiger partial charge >= 0.3 is 6.30 Å². The standard InChI is InChI=1S/C5H6F3N3/c1-9-4-2-10-11(3-4)5(6,7)8/h2-3,9H,1H3. The summed E-state index contributed by atoms with van der Waals surface area (Å²) in [6, 6.07) is 0. The molecule has 0 spiro atoms. The van der Waals surface area contributed by atoms with Gasteiger partial charge in [0, 0.05) is 7.05 Å². The fourth-order valence-electron chi connectivity index (χ4n) is 0.591. The van der Waals surface area contributed by atoms with Crippen molar-refractivity contribution in [3.8, 4) is 0 Å². The first kappa shape index (κ1) is 7.90. The molecule has 1 heterocycles. The first-order chi connectivity index (χ1) is 5.04. The molecule has 1 N–H and O–H groups in total. The highest BCUT2D eigenvalue weighted by atomic mass is 19.4. The SMILES string of the molecule is CNc1cnn(C(F)(F)F)c1. The van der Waals surface area contributed by atoms with Gasteiger partial charge in [0.2, 0.25) is 0 Å². The molecule has 0 saturated heterocycles. The van der Waals surface area contributed by atoms with Crippen molar-refractivity contribution in [3.05, 3.63) is 12.4 Å². The van der Waals surface area contributed by atoms with Gasteiger partial charge in [-0.25, -0.2) is 0 Å². The minimum atomic E-state index is -4.42. The summed E-state index contributed by atoms with van der Waals surface area (Å²) in [5.74, 6) is 0. The van der Waals surface area contributed by atoms with Gasteiger partial charge in [-0.1, -0.05) is 0 Å². The number of nitrogens with one attached hydrogen (secondary N) is 1. The molecule has 0 aliphatic heterocycles. The second-order valence-corrected chi connectivity index (χ2v) is 1.89. The molecule has 0 atom stereocenters. The van der Waals surface area contributed by atoms with E-state index in [1.807, 2.05) is 0 Å². The molecule has 0 bridgehead atoms. The van der Waals surface area contributed by atoms with Crippen LogP contribution in [0.1, 0.15) is 0 Å². The lowest BCUT2D eigenvalue weighted by Crippen LogP contribution is -2.16. The lowest BCUT2D eigenvalue weighted by molar-refractivity contribution is -0.212. The first-order valence-corrected chi connectivity index (χ1v) is 2.83. The highest BCUT2D eigenvalue weighted by Gasteiger charge is 2.31. The molecule has 0 aliphatic carbocycles. The average Bonchev–Trinajstić information content (AvgIpc) is 2.32. The van der Waals surface area contributed by atoms with Crippen LogP contribution in [0, 0.1) is 0 Å². The van der Waals surface area contributed by atoms with Crippen molar-refractivity contribution in [1.29, 1.82) is 0 Å². The average molecular weight is 165 g/mol. The molecule has 0 aliphatic rings. The normalized spacial score (nSPS) is 11.6. The van der Waals surface area contributed by atoms with Crippen LogP contribution in [-0.2, 0) is 6.30 Å². The zero-order valence-corrected chi connectivity index (χ0v) is 5.68. The van der Waals surface area contributed by atoms with E-state index in [-0.39, 0.29) is 4.68 Å². The third-order valence-electron chi connectivity index (χ3n) is 1.13. The summed E-state index contributed by atoms with van der Waals surface area (Å²) >= 11 is 0. The van der Waals surface area contributed by atoms with Gasteiger partial charge in [-0.3, -0.25) is 0 Å². The van der Waals surface area contributed by atoms with Crippen LogP contribution in [0.4, 0.5) is 18.9 Å². The molecule has 6 heteroatoms. The van der Waals surface area contributed by atoms with Crippen molar-refractivity contribution in [3.63, 3.8) is 0 Å². The van der Waals surface area contributed by atoms with Crippen LogP contribution >= 0.6 is 0 Å². The van der Waals surface area contributed by atoms with E-state index in [4.69, 9.17) is 0 Å². The molecule has 0 aromatic carbocycles. The Hall–Kier alpha value is -1.20. The Kier molecular flexibility index (Phi) is 1.76. The van der Waals surface area contributed by atoms with Crippen LogP contribution in [-0.4, -0.2) is 16.8 Å². The van der Waals surface area contributed by atoms with Crippen molar-refractivity contribution < 1.29 is 13.2 Å². The maximum Gasteiger partial charge on any atom is 0.504 e. The minimum absolute atomic E-state index is 0.0567. The van der Waals surface area contributed by atoms with Crippen LogP contribution in [0.15, 0.2) is 12.4 Å². The van der Waals surface area contributed by atoms with E-state index < -0.39 is 6.30 Å². The van der Waals surface area contributed by atoms with Gasteiger partial charge in [-0.2, -0.15) is 9.78 Å². The zero-order valence-electron chi connectivity index (χ0n) is 5.68. The number of alkyl halides is 3. The molecular weight excluding hydrogens is 159 g/mol. The van der Waals surface area contributed by atoms with Gasteiger partial charge in [-0.15, -0.1) is 13.2 Å². The largest absolute Gasteiger partial charge is 0.504 e. The number of hydrogen-bond donors (Lipinski definition) is 1. The van der Waals surface area contributed by atoms with E-state index in [0.29, 0.717) is 5.69 Å². The third-order valence-corrected chi connectivity index (χ3v) is 1.13. The van der Waals surface area contributed by atoms with Crippen molar-refractivity contribution >= 4 is 5.69 Å². The molecular formula is C5H6F3N3. The molecule has 11 heavy (non-hydrogen) atoms. The van der Waals surface area contributed by atoms with Crippen LogP contribution < -0.4 is 5.32 Å². The van der Waals surface area contributed by atoms with Gasteiger partial charge in [0.15, 0.2) is 0 Å². The minimum Gasteiger partial charge on any atom is -0.386 e. The summed E-state index contributed by atoms with van der Waals surface area (Å²) in [7, 11) is 1.53. The van der Waals surface area contributed by atoms with Gasteiger partial charge in [-0.05, 0) is 0 Å². The predicted octanol–water partition coefficient (Wildman–Crippen LogP) is 1.40. The van der Waals surface area contributed by atoms with E-state index >= 15 is 0 Å². The van der Waals surface area contributed by atoms with E-state index in [9.17, 15) is 13.2 Å². The van der Waals surface area contributed by atoms with E-state index in [1.54, 1.807) is 0 Å². The fraction of sp³-hybridized carbons (Fsp3) is 0.400. The number of rotatable bonds is 1. The second kappa shape index (κ2) is 2.44. The highest BCUT2D eigenvalue weighted by Crippen LogP contribution is 2.22. The zero-order chi connectivity index (χ0) is 8.48. The highest BCUT2D eigenvalue weighted by molar-refractivity contribution is 5.36. The van der Waals surface area contributed by atoms with Gasteiger partial charge in [0.05, 0.1) is 18.1 Å². The molecule has 0 unspecified atom stereocenters. The number of anilines is 1. The smallest absolute Gasteiger partial charge is 0.386 e. The first-order valence-electron chi connectivity index (χ1n) is 2.83. The molecule has 0 saturated carbocycles. The molecule has 1 aromatic heterocycles. The Morgan fingerprint density at radius 2 is 2.18 bits per heavy atom. The van der Waals surface area contributed by atoms with E-state index in [1.165, 1.54) is 7.05 Å². The van der Waals surface area contributed by atoms with Crippen LogP contribution in [0.5, 0.6) is 0 Å². The Bertz CT molecular complexity index is 239. The summed E-state index contributed by atoms with van der Waals surface area (Å²) in [4.78, 5) is 0. The van der Waals surface area contributed by atoms with E-state index in [2.05, 4.69) is 10.4 Å². The van der Waals surface area contributed by atoms with Crippen LogP contribution in [0.25, 0.3) is 0 Å². The number of halogens is 3. The summed E-state index contributed by atoms with van der Waals surface area (Å²) < 4.78 is 35.4. The predicted molar refractivity (Wildman–Crippen MR) is 33.1 cm³/mol. The molecule has 1 aromatic rings. The van der Waals surface area contributed by atoms with Gasteiger partial charge in [0.1, 0.15) is 0 Å². The lowest BCUT2D eigenvalue weighted by Gasteiger charge is -2.03. The molecule has 0 amide bonds. The van der Waals surface area contributed by atoms with Crippen LogP contribution in [0.3, 0.4) is 0 Å². The van der Waals surface area contributed by atoms with E-state index in [0.717, 1.165) is 12.4 Å². The molecule has 0 radical (unpaired) electrons. The van der Waals surface area contributed by atoms with Gasteiger partial charge < -0.3 is 5.32 Å². The maximum atomic E-state index is 11.8. The summed E-state index contributed by atoms with van der Waals surface area (Å²) in [6.07, 6.45) is -2.44. The second-order valence-electron chi connectivity index (χ2n) is 1.89. The number of aromatic nitrogens is 2. The van der Waals surface area contributed by atoms with Crippen molar-refractivity contribution in [1.82, 2.24) is 9.78 Å². The third kappa shape index (κ3) is 1.63. The van der Waals surface area contributed by atoms with Crippen molar-refractivity contribution in [2.75, 3.05) is 12.4 Å². The topological polar surface area (TPSA) is 29.9 Å². The Morgan fingerprint density at radius 3 is 2.45 bits per heavy atom. The van der Waals surface area contributed by atoms with Crippen LogP contribution in [0.2, 0.25) is 0 Å².